The number of aliphatic hydroxyl groups is 2. The third kappa shape index (κ3) is 1.73. The summed E-state index contributed by atoms with van der Waals surface area (Å²) in [6.07, 6.45) is 8.58. The first-order chi connectivity index (χ1) is 12.6. The molecule has 5 rings (SSSR count). The maximum Gasteiger partial charge on any atom is 0.190 e. The second-order valence-corrected chi connectivity index (χ2v) is 9.86. The van der Waals surface area contributed by atoms with Gasteiger partial charge in [-0.1, -0.05) is 25.5 Å². The molecule has 8 atom stereocenters. The second kappa shape index (κ2) is 5.00. The number of aliphatic hydroxyl groups excluding tert-OH is 1. The zero-order valence-corrected chi connectivity index (χ0v) is 16.2. The molecule has 1 heterocycles. The fraction of sp³-hybridized carbons (Fsp3) is 0.727. The molecule has 1 spiro atoms. The SMILES string of the molecule is C[C@H]1C[C@@H]2[C@@H]3CCC4=CC(=O)C=C[C@]4(C)[C@@]34O[C@H]4C[C@]2(C)[C@@]1(O)C(=O)CO. The highest BCUT2D eigenvalue weighted by Crippen LogP contribution is 2.76. The van der Waals surface area contributed by atoms with E-state index in [-0.39, 0.29) is 40.7 Å². The molecule has 0 amide bonds. The highest BCUT2D eigenvalue weighted by Gasteiger charge is 2.81. The van der Waals surface area contributed by atoms with Crippen LogP contribution in [-0.2, 0) is 14.3 Å². The van der Waals surface area contributed by atoms with Crippen LogP contribution in [0.25, 0.3) is 0 Å². The normalized spacial score (nSPS) is 55.1. The van der Waals surface area contributed by atoms with Crippen molar-refractivity contribution >= 4 is 11.6 Å². The van der Waals surface area contributed by atoms with E-state index in [1.54, 1.807) is 12.2 Å². The molecule has 5 aliphatic rings. The summed E-state index contributed by atoms with van der Waals surface area (Å²) < 4.78 is 6.43. The van der Waals surface area contributed by atoms with E-state index in [0.717, 1.165) is 24.8 Å². The van der Waals surface area contributed by atoms with E-state index in [2.05, 4.69) is 6.92 Å². The van der Waals surface area contributed by atoms with Crippen molar-refractivity contribution < 1.29 is 24.5 Å². The zero-order valence-electron chi connectivity index (χ0n) is 16.2. The van der Waals surface area contributed by atoms with Gasteiger partial charge in [0.2, 0.25) is 0 Å². The number of hydrogen-bond donors (Lipinski definition) is 2. The van der Waals surface area contributed by atoms with E-state index in [1.807, 2.05) is 19.9 Å². The Labute approximate surface area is 159 Å². The first kappa shape index (κ1) is 17.8. The van der Waals surface area contributed by atoms with Crippen LogP contribution in [0.15, 0.2) is 23.8 Å². The lowest BCUT2D eigenvalue weighted by atomic mass is 9.46. The number of carbonyl (C=O) groups excluding carboxylic acids is 2. The molecule has 1 saturated heterocycles. The van der Waals surface area contributed by atoms with Crippen LogP contribution >= 0.6 is 0 Å². The molecule has 146 valence electrons. The molecule has 4 fully saturated rings. The first-order valence-electron chi connectivity index (χ1n) is 10.1. The molecule has 0 aromatic rings. The smallest absolute Gasteiger partial charge is 0.190 e. The van der Waals surface area contributed by atoms with Crippen LogP contribution in [-0.4, -0.2) is 45.7 Å². The molecule has 5 heteroatoms. The fourth-order valence-electron chi connectivity index (χ4n) is 7.70. The van der Waals surface area contributed by atoms with Crippen molar-refractivity contribution in [3.8, 4) is 0 Å². The van der Waals surface area contributed by atoms with Crippen LogP contribution in [0, 0.1) is 28.6 Å². The summed E-state index contributed by atoms with van der Waals surface area (Å²) in [5.41, 5.74) is -1.55. The third-order valence-electron chi connectivity index (χ3n) is 9.08. The average Bonchev–Trinajstić information content (AvgIpc) is 3.31. The molecule has 1 aliphatic heterocycles. The summed E-state index contributed by atoms with van der Waals surface area (Å²) in [5, 5.41) is 21.0. The summed E-state index contributed by atoms with van der Waals surface area (Å²) in [6, 6.07) is 0. The van der Waals surface area contributed by atoms with Gasteiger partial charge in [-0.05, 0) is 62.5 Å². The molecule has 0 bridgehead atoms. The molecule has 5 nitrogen and oxygen atoms in total. The fourth-order valence-corrected chi connectivity index (χ4v) is 7.70. The van der Waals surface area contributed by atoms with E-state index in [1.165, 1.54) is 0 Å². The monoisotopic (exact) mass is 372 g/mol. The van der Waals surface area contributed by atoms with Crippen molar-refractivity contribution in [2.45, 2.75) is 63.8 Å². The highest BCUT2D eigenvalue weighted by atomic mass is 16.6. The Hall–Kier alpha value is -1.30. The van der Waals surface area contributed by atoms with Crippen molar-refractivity contribution in [1.82, 2.24) is 0 Å². The largest absolute Gasteiger partial charge is 0.388 e. The number of rotatable bonds is 2. The topological polar surface area (TPSA) is 87.1 Å². The van der Waals surface area contributed by atoms with Gasteiger partial charge >= 0.3 is 0 Å². The molecule has 3 saturated carbocycles. The lowest BCUT2D eigenvalue weighted by molar-refractivity contribution is -0.165. The lowest BCUT2D eigenvalue weighted by Gasteiger charge is -2.55. The van der Waals surface area contributed by atoms with E-state index < -0.39 is 23.4 Å². The number of ketones is 2. The van der Waals surface area contributed by atoms with Crippen molar-refractivity contribution in [3.63, 3.8) is 0 Å². The summed E-state index contributed by atoms with van der Waals surface area (Å²) in [7, 11) is 0. The molecule has 0 aromatic heterocycles. The number of fused-ring (bicyclic) bond motifs is 3. The zero-order chi connectivity index (χ0) is 19.4. The maximum absolute atomic E-state index is 12.6. The van der Waals surface area contributed by atoms with Crippen molar-refractivity contribution in [1.29, 1.82) is 0 Å². The molecule has 27 heavy (non-hydrogen) atoms. The molecule has 0 unspecified atom stereocenters. The minimum atomic E-state index is -1.50. The predicted octanol–water partition coefficient (Wildman–Crippen LogP) is 1.96. The summed E-state index contributed by atoms with van der Waals surface area (Å²) in [6.45, 7) is 5.51. The summed E-state index contributed by atoms with van der Waals surface area (Å²) in [5.74, 6) is -0.193. The van der Waals surface area contributed by atoms with Crippen LogP contribution < -0.4 is 0 Å². The molecular weight excluding hydrogens is 344 g/mol. The van der Waals surface area contributed by atoms with Crippen molar-refractivity contribution in [3.05, 3.63) is 23.8 Å². The quantitative estimate of drug-likeness (QED) is 0.724. The molecular formula is C22H28O5. The van der Waals surface area contributed by atoms with Crippen LogP contribution in [0.4, 0.5) is 0 Å². The van der Waals surface area contributed by atoms with E-state index >= 15 is 0 Å². The van der Waals surface area contributed by atoms with Gasteiger partial charge in [-0.3, -0.25) is 9.59 Å². The van der Waals surface area contributed by atoms with Gasteiger partial charge in [0.05, 0.1) is 6.10 Å². The summed E-state index contributed by atoms with van der Waals surface area (Å²) in [4.78, 5) is 24.5. The Morgan fingerprint density at radius 2 is 2.07 bits per heavy atom. The Morgan fingerprint density at radius 3 is 2.78 bits per heavy atom. The van der Waals surface area contributed by atoms with Gasteiger partial charge in [-0.15, -0.1) is 0 Å². The molecule has 2 N–H and O–H groups in total. The maximum atomic E-state index is 12.6. The Morgan fingerprint density at radius 1 is 1.33 bits per heavy atom. The molecule has 0 radical (unpaired) electrons. The number of hydrogen-bond acceptors (Lipinski definition) is 5. The Bertz CT molecular complexity index is 814. The minimum absolute atomic E-state index is 0.0291. The van der Waals surface area contributed by atoms with Crippen molar-refractivity contribution in [2.24, 2.45) is 28.6 Å². The number of epoxide rings is 1. The first-order valence-corrected chi connectivity index (χ1v) is 10.1. The third-order valence-corrected chi connectivity index (χ3v) is 9.08. The van der Waals surface area contributed by atoms with Gasteiger partial charge in [0, 0.05) is 10.8 Å². The van der Waals surface area contributed by atoms with Gasteiger partial charge in [-0.25, -0.2) is 0 Å². The molecule has 4 aliphatic carbocycles. The van der Waals surface area contributed by atoms with Gasteiger partial charge in [0.15, 0.2) is 11.6 Å². The lowest BCUT2D eigenvalue weighted by Crippen LogP contribution is -2.62. The van der Waals surface area contributed by atoms with Crippen LogP contribution in [0.5, 0.6) is 0 Å². The van der Waals surface area contributed by atoms with E-state index in [0.29, 0.717) is 6.42 Å². The Kier molecular flexibility index (Phi) is 3.29. The number of allylic oxidation sites excluding steroid dienone is 2. The highest BCUT2D eigenvalue weighted by molar-refractivity contribution is 6.01. The Balaban J connectivity index is 1.60. The second-order valence-electron chi connectivity index (χ2n) is 9.86. The number of Topliss-reactive ketones (excluding diaryl/α,β-unsaturated/α-hetero) is 1. The average molecular weight is 372 g/mol. The molecule has 0 aromatic carbocycles. The van der Waals surface area contributed by atoms with E-state index in [4.69, 9.17) is 4.74 Å². The summed E-state index contributed by atoms with van der Waals surface area (Å²) >= 11 is 0. The van der Waals surface area contributed by atoms with Gasteiger partial charge in [0.25, 0.3) is 0 Å². The standard InChI is InChI=1S/C22H28O5/c1-12-8-16-15-5-4-13-9-14(24)6-7-19(13,2)22(15)18(27-22)10-20(16,3)21(12,26)17(25)11-23/h6-7,9,12,15-16,18,23,26H,4-5,8,10-11H2,1-3H3/t12-,15-,16+,18-,19-,20-,21-,22+/m0/s1. The van der Waals surface area contributed by atoms with E-state index in [9.17, 15) is 19.8 Å². The van der Waals surface area contributed by atoms with Crippen molar-refractivity contribution in [2.75, 3.05) is 6.61 Å². The van der Waals surface area contributed by atoms with Crippen LogP contribution in [0.2, 0.25) is 0 Å². The number of carbonyl (C=O) groups is 2. The van der Waals surface area contributed by atoms with Crippen LogP contribution in [0.3, 0.4) is 0 Å². The van der Waals surface area contributed by atoms with Gasteiger partial charge in [-0.2, -0.15) is 0 Å². The predicted molar refractivity (Wildman–Crippen MR) is 97.7 cm³/mol. The van der Waals surface area contributed by atoms with Gasteiger partial charge in [0.1, 0.15) is 17.8 Å². The van der Waals surface area contributed by atoms with Crippen LogP contribution in [0.1, 0.15) is 46.5 Å². The number of ether oxygens (including phenoxy) is 1. The minimum Gasteiger partial charge on any atom is -0.388 e. The van der Waals surface area contributed by atoms with Gasteiger partial charge < -0.3 is 14.9 Å².